The SMILES string of the molecule is Cc1ccc(-c2c([C@@H]3c4ccccc4C(=O)N3CC(=O)NCC(N)=O)c3ccccc3n2C)cc1. The third-order valence-corrected chi connectivity index (χ3v) is 6.58. The van der Waals surface area contributed by atoms with Crippen LogP contribution in [0.3, 0.4) is 0 Å². The maximum atomic E-state index is 13.5. The molecule has 1 aliphatic rings. The van der Waals surface area contributed by atoms with E-state index in [0.717, 1.165) is 38.9 Å². The molecule has 4 aromatic rings. The zero-order chi connectivity index (χ0) is 24.7. The summed E-state index contributed by atoms with van der Waals surface area (Å²) in [6.45, 7) is 1.58. The largest absolute Gasteiger partial charge is 0.368 e. The van der Waals surface area contributed by atoms with E-state index in [4.69, 9.17) is 5.73 Å². The van der Waals surface area contributed by atoms with E-state index in [1.54, 1.807) is 11.0 Å². The number of amides is 3. The van der Waals surface area contributed by atoms with Crippen LogP contribution in [-0.2, 0) is 16.6 Å². The number of aromatic nitrogens is 1. The second-order valence-corrected chi connectivity index (χ2v) is 8.87. The van der Waals surface area contributed by atoms with Crippen LogP contribution in [0, 0.1) is 6.92 Å². The number of primary amides is 1. The summed E-state index contributed by atoms with van der Waals surface area (Å²) >= 11 is 0. The van der Waals surface area contributed by atoms with E-state index in [0.29, 0.717) is 5.56 Å². The molecule has 2 heterocycles. The molecule has 0 aliphatic carbocycles. The molecule has 5 rings (SSSR count). The number of nitrogens with one attached hydrogen (secondary N) is 1. The average Bonchev–Trinajstić information content (AvgIpc) is 3.29. The van der Waals surface area contributed by atoms with Gasteiger partial charge in [-0.15, -0.1) is 0 Å². The quantitative estimate of drug-likeness (QED) is 0.456. The molecule has 35 heavy (non-hydrogen) atoms. The van der Waals surface area contributed by atoms with Crippen molar-refractivity contribution in [2.45, 2.75) is 13.0 Å². The van der Waals surface area contributed by atoms with Crippen molar-refractivity contribution < 1.29 is 14.4 Å². The number of carbonyl (C=O) groups excluding carboxylic acids is 3. The summed E-state index contributed by atoms with van der Waals surface area (Å²) in [4.78, 5) is 39.0. The molecular formula is C28H26N4O3. The lowest BCUT2D eigenvalue weighted by atomic mass is 9.93. The van der Waals surface area contributed by atoms with Gasteiger partial charge in [0, 0.05) is 29.1 Å². The normalized spacial score (nSPS) is 14.9. The van der Waals surface area contributed by atoms with E-state index in [-0.39, 0.29) is 19.0 Å². The highest BCUT2D eigenvalue weighted by atomic mass is 16.2. The summed E-state index contributed by atoms with van der Waals surface area (Å²) in [6, 6.07) is 23.4. The van der Waals surface area contributed by atoms with E-state index in [1.807, 2.05) is 44.3 Å². The molecule has 0 fully saturated rings. The number of nitrogens with two attached hydrogens (primary N) is 1. The van der Waals surface area contributed by atoms with Crippen molar-refractivity contribution in [2.24, 2.45) is 12.8 Å². The van der Waals surface area contributed by atoms with Gasteiger partial charge in [-0.1, -0.05) is 66.2 Å². The standard InChI is InChI=1S/C28H26N4O3/c1-17-11-13-18(14-12-17)26-25(21-9-5-6-10-22(21)31(26)2)27-19-7-3-4-8-20(19)28(35)32(27)16-24(34)30-15-23(29)33/h3-14,27H,15-16H2,1-2H3,(H2,29,33)(H,30,34)/t27-/m0/s1. The summed E-state index contributed by atoms with van der Waals surface area (Å²) in [5.74, 6) is -1.30. The van der Waals surface area contributed by atoms with Gasteiger partial charge in [0.15, 0.2) is 0 Å². The van der Waals surface area contributed by atoms with E-state index < -0.39 is 17.9 Å². The first-order chi connectivity index (χ1) is 16.9. The van der Waals surface area contributed by atoms with Crippen molar-refractivity contribution in [1.82, 2.24) is 14.8 Å². The Morgan fingerprint density at radius 2 is 1.66 bits per heavy atom. The predicted octanol–water partition coefficient (Wildman–Crippen LogP) is 3.30. The highest BCUT2D eigenvalue weighted by Crippen LogP contribution is 2.46. The number of benzene rings is 3. The third-order valence-electron chi connectivity index (χ3n) is 6.58. The molecule has 3 aromatic carbocycles. The minimum Gasteiger partial charge on any atom is -0.368 e. The van der Waals surface area contributed by atoms with Gasteiger partial charge < -0.3 is 20.5 Å². The van der Waals surface area contributed by atoms with E-state index in [9.17, 15) is 14.4 Å². The minimum atomic E-state index is -0.637. The van der Waals surface area contributed by atoms with Crippen molar-refractivity contribution in [2.75, 3.05) is 13.1 Å². The van der Waals surface area contributed by atoms with Gasteiger partial charge >= 0.3 is 0 Å². The average molecular weight is 467 g/mol. The zero-order valence-corrected chi connectivity index (χ0v) is 19.6. The number of aryl methyl sites for hydroxylation is 2. The third kappa shape index (κ3) is 3.85. The number of hydrogen-bond donors (Lipinski definition) is 2. The summed E-state index contributed by atoms with van der Waals surface area (Å²) < 4.78 is 2.14. The first kappa shape index (κ1) is 22.4. The van der Waals surface area contributed by atoms with Crippen LogP contribution >= 0.6 is 0 Å². The van der Waals surface area contributed by atoms with Crippen LogP contribution in [0.4, 0.5) is 0 Å². The smallest absolute Gasteiger partial charge is 0.255 e. The molecule has 1 aromatic heterocycles. The topological polar surface area (TPSA) is 97.4 Å². The molecule has 1 atom stereocenters. The molecule has 3 N–H and O–H groups in total. The number of carbonyl (C=O) groups is 3. The van der Waals surface area contributed by atoms with Crippen LogP contribution in [0.15, 0.2) is 72.8 Å². The number of rotatable bonds is 6. The number of nitrogens with zero attached hydrogens (tertiary/aromatic N) is 2. The molecule has 0 unspecified atom stereocenters. The Morgan fingerprint density at radius 1 is 0.971 bits per heavy atom. The number of para-hydroxylation sites is 1. The molecule has 7 heteroatoms. The maximum Gasteiger partial charge on any atom is 0.255 e. The van der Waals surface area contributed by atoms with Gasteiger partial charge in [-0.05, 0) is 30.2 Å². The Morgan fingerprint density at radius 3 is 2.40 bits per heavy atom. The van der Waals surface area contributed by atoms with Gasteiger partial charge in [-0.3, -0.25) is 14.4 Å². The van der Waals surface area contributed by atoms with Crippen LogP contribution < -0.4 is 11.1 Å². The lowest BCUT2D eigenvalue weighted by Gasteiger charge is -2.26. The van der Waals surface area contributed by atoms with Crippen molar-refractivity contribution in [3.05, 3.63) is 95.1 Å². The van der Waals surface area contributed by atoms with Crippen LogP contribution in [0.25, 0.3) is 22.2 Å². The fraction of sp³-hybridized carbons (Fsp3) is 0.179. The van der Waals surface area contributed by atoms with Crippen LogP contribution in [0.1, 0.15) is 33.1 Å². The van der Waals surface area contributed by atoms with Gasteiger partial charge in [-0.25, -0.2) is 0 Å². The molecular weight excluding hydrogens is 440 g/mol. The van der Waals surface area contributed by atoms with Crippen molar-refractivity contribution >= 4 is 28.6 Å². The second kappa shape index (κ2) is 8.76. The van der Waals surface area contributed by atoms with Gasteiger partial charge in [0.05, 0.1) is 18.3 Å². The summed E-state index contributed by atoms with van der Waals surface area (Å²) in [5.41, 5.74) is 11.8. The first-order valence-electron chi connectivity index (χ1n) is 11.5. The molecule has 0 radical (unpaired) electrons. The van der Waals surface area contributed by atoms with Crippen molar-refractivity contribution in [3.63, 3.8) is 0 Å². The van der Waals surface area contributed by atoms with Crippen molar-refractivity contribution in [3.8, 4) is 11.3 Å². The minimum absolute atomic E-state index is 0.192. The Kier molecular flexibility index (Phi) is 5.61. The number of hydrogen-bond acceptors (Lipinski definition) is 3. The Hall–Kier alpha value is -4.39. The Balaban J connectivity index is 1.72. The molecule has 0 spiro atoms. The second-order valence-electron chi connectivity index (χ2n) is 8.87. The van der Waals surface area contributed by atoms with Gasteiger partial charge in [-0.2, -0.15) is 0 Å². The van der Waals surface area contributed by atoms with E-state index >= 15 is 0 Å². The van der Waals surface area contributed by atoms with Gasteiger partial charge in [0.25, 0.3) is 5.91 Å². The summed E-state index contributed by atoms with van der Waals surface area (Å²) in [6.07, 6.45) is 0. The fourth-order valence-corrected chi connectivity index (χ4v) is 5.00. The summed E-state index contributed by atoms with van der Waals surface area (Å²) in [7, 11) is 2.02. The van der Waals surface area contributed by atoms with Gasteiger partial charge in [0.1, 0.15) is 6.54 Å². The van der Waals surface area contributed by atoms with Gasteiger partial charge in [0.2, 0.25) is 11.8 Å². The highest BCUT2D eigenvalue weighted by molar-refractivity contribution is 6.04. The molecule has 0 bridgehead atoms. The molecule has 7 nitrogen and oxygen atoms in total. The van der Waals surface area contributed by atoms with Crippen LogP contribution in [-0.4, -0.2) is 40.3 Å². The maximum absolute atomic E-state index is 13.5. The van der Waals surface area contributed by atoms with Crippen LogP contribution in [0.2, 0.25) is 0 Å². The lowest BCUT2D eigenvalue weighted by molar-refractivity contribution is -0.125. The van der Waals surface area contributed by atoms with E-state index in [2.05, 4.69) is 46.3 Å². The molecule has 0 saturated carbocycles. The summed E-state index contributed by atoms with van der Waals surface area (Å²) in [5, 5.41) is 3.53. The monoisotopic (exact) mass is 466 g/mol. The molecule has 0 saturated heterocycles. The molecule has 176 valence electrons. The zero-order valence-electron chi connectivity index (χ0n) is 19.6. The molecule has 1 aliphatic heterocycles. The first-order valence-corrected chi connectivity index (χ1v) is 11.5. The predicted molar refractivity (Wildman–Crippen MR) is 135 cm³/mol. The highest BCUT2D eigenvalue weighted by Gasteiger charge is 2.41. The number of fused-ring (bicyclic) bond motifs is 2. The Labute approximate surface area is 203 Å². The Bertz CT molecular complexity index is 1470. The lowest BCUT2D eigenvalue weighted by Crippen LogP contribution is -2.42. The molecule has 3 amide bonds. The van der Waals surface area contributed by atoms with E-state index in [1.165, 1.54) is 0 Å². The van der Waals surface area contributed by atoms with Crippen LogP contribution in [0.5, 0.6) is 0 Å². The van der Waals surface area contributed by atoms with Crippen molar-refractivity contribution in [1.29, 1.82) is 0 Å². The fourth-order valence-electron chi connectivity index (χ4n) is 5.00.